The van der Waals surface area contributed by atoms with E-state index in [9.17, 15) is 4.79 Å². The maximum absolute atomic E-state index is 12.2. The Morgan fingerprint density at radius 3 is 2.90 bits per heavy atom. The van der Waals surface area contributed by atoms with Crippen LogP contribution >= 0.6 is 0 Å². The molecule has 21 heavy (non-hydrogen) atoms. The summed E-state index contributed by atoms with van der Waals surface area (Å²) in [5.41, 5.74) is 4.17. The number of nitrogens with zero attached hydrogens (tertiary/aromatic N) is 1. The van der Waals surface area contributed by atoms with E-state index in [0.717, 1.165) is 27.7 Å². The number of aromatic nitrogens is 1. The average molecular weight is 274 g/mol. The molecule has 1 N–H and O–H groups in total. The van der Waals surface area contributed by atoms with E-state index in [1.165, 1.54) is 0 Å². The summed E-state index contributed by atoms with van der Waals surface area (Å²) in [5.74, 6) is -0.0159. The summed E-state index contributed by atoms with van der Waals surface area (Å²) in [6.45, 7) is 0. The Bertz CT molecular complexity index is 841. The van der Waals surface area contributed by atoms with Crippen molar-refractivity contribution in [1.29, 1.82) is 0 Å². The van der Waals surface area contributed by atoms with Gasteiger partial charge in [0.05, 0.1) is 11.4 Å². The Hall–Kier alpha value is -2.68. The van der Waals surface area contributed by atoms with Crippen LogP contribution in [0.4, 0.5) is 5.69 Å². The Morgan fingerprint density at radius 1 is 1.05 bits per heavy atom. The summed E-state index contributed by atoms with van der Waals surface area (Å²) in [4.78, 5) is 16.5. The first-order valence-electron chi connectivity index (χ1n) is 7.05. The molecule has 0 bridgehead atoms. The van der Waals surface area contributed by atoms with Gasteiger partial charge in [0.25, 0.3) is 0 Å². The number of benzene rings is 2. The van der Waals surface area contributed by atoms with Crippen molar-refractivity contribution in [2.24, 2.45) is 0 Å². The highest BCUT2D eigenvalue weighted by atomic mass is 16.2. The SMILES string of the molecule is O=C1Nc2ccccc2C1Cc1ccc2ncccc2c1. The van der Waals surface area contributed by atoms with E-state index in [2.05, 4.69) is 28.5 Å². The van der Waals surface area contributed by atoms with Gasteiger partial charge in [0.1, 0.15) is 0 Å². The molecule has 0 saturated heterocycles. The molecule has 1 aromatic heterocycles. The topological polar surface area (TPSA) is 42.0 Å². The third kappa shape index (κ3) is 2.07. The second-order valence-electron chi connectivity index (χ2n) is 5.36. The van der Waals surface area contributed by atoms with Crippen molar-refractivity contribution in [3.8, 4) is 0 Å². The van der Waals surface area contributed by atoms with Gasteiger partial charge in [-0.05, 0) is 41.8 Å². The molecule has 4 rings (SSSR count). The van der Waals surface area contributed by atoms with Gasteiger partial charge in [0, 0.05) is 17.3 Å². The predicted molar refractivity (Wildman–Crippen MR) is 83.3 cm³/mol. The minimum atomic E-state index is -0.102. The third-order valence-electron chi connectivity index (χ3n) is 4.02. The lowest BCUT2D eigenvalue weighted by Crippen LogP contribution is -2.14. The van der Waals surface area contributed by atoms with E-state index in [1.54, 1.807) is 6.20 Å². The van der Waals surface area contributed by atoms with E-state index >= 15 is 0 Å². The lowest BCUT2D eigenvalue weighted by Gasteiger charge is -2.09. The summed E-state index contributed by atoms with van der Waals surface area (Å²) in [6.07, 6.45) is 2.51. The number of rotatable bonds is 2. The average Bonchev–Trinajstić information content (AvgIpc) is 2.83. The summed E-state index contributed by atoms with van der Waals surface area (Å²) in [6, 6.07) is 18.1. The monoisotopic (exact) mass is 274 g/mol. The minimum Gasteiger partial charge on any atom is -0.325 e. The number of carbonyl (C=O) groups is 1. The number of pyridine rings is 1. The van der Waals surface area contributed by atoms with Gasteiger partial charge in [-0.2, -0.15) is 0 Å². The van der Waals surface area contributed by atoms with Crippen molar-refractivity contribution >= 4 is 22.5 Å². The van der Waals surface area contributed by atoms with Gasteiger partial charge in [0.2, 0.25) is 5.91 Å². The van der Waals surface area contributed by atoms with Crippen molar-refractivity contribution < 1.29 is 4.79 Å². The summed E-state index contributed by atoms with van der Waals surface area (Å²) >= 11 is 0. The number of anilines is 1. The third-order valence-corrected chi connectivity index (χ3v) is 4.02. The largest absolute Gasteiger partial charge is 0.325 e. The van der Waals surface area contributed by atoms with Crippen LogP contribution in [-0.4, -0.2) is 10.9 Å². The van der Waals surface area contributed by atoms with Gasteiger partial charge < -0.3 is 5.32 Å². The Balaban J connectivity index is 1.70. The summed E-state index contributed by atoms with van der Waals surface area (Å²) < 4.78 is 0. The molecule has 1 unspecified atom stereocenters. The van der Waals surface area contributed by atoms with Crippen molar-refractivity contribution in [2.75, 3.05) is 5.32 Å². The number of para-hydroxylation sites is 1. The van der Waals surface area contributed by atoms with Crippen molar-refractivity contribution in [3.63, 3.8) is 0 Å². The van der Waals surface area contributed by atoms with E-state index in [-0.39, 0.29) is 11.8 Å². The molecule has 3 nitrogen and oxygen atoms in total. The van der Waals surface area contributed by atoms with Gasteiger partial charge >= 0.3 is 0 Å². The van der Waals surface area contributed by atoms with Gasteiger partial charge in [0.15, 0.2) is 0 Å². The highest BCUT2D eigenvalue weighted by Crippen LogP contribution is 2.34. The fourth-order valence-electron chi connectivity index (χ4n) is 2.97. The van der Waals surface area contributed by atoms with Crippen LogP contribution in [0.3, 0.4) is 0 Å². The molecule has 1 atom stereocenters. The van der Waals surface area contributed by atoms with Gasteiger partial charge in [-0.1, -0.05) is 30.3 Å². The molecule has 1 aliphatic heterocycles. The van der Waals surface area contributed by atoms with E-state index in [0.29, 0.717) is 6.42 Å². The fourth-order valence-corrected chi connectivity index (χ4v) is 2.97. The number of amides is 1. The molecule has 3 aromatic rings. The fraction of sp³-hybridized carbons (Fsp3) is 0.111. The number of nitrogens with one attached hydrogen (secondary N) is 1. The smallest absolute Gasteiger partial charge is 0.232 e. The van der Waals surface area contributed by atoms with Gasteiger partial charge in [-0.15, -0.1) is 0 Å². The maximum Gasteiger partial charge on any atom is 0.232 e. The lowest BCUT2D eigenvalue weighted by atomic mass is 9.93. The van der Waals surface area contributed by atoms with E-state index in [1.807, 2.05) is 36.4 Å². The molecule has 0 aliphatic carbocycles. The molecule has 0 spiro atoms. The van der Waals surface area contributed by atoms with Crippen LogP contribution in [0.1, 0.15) is 17.0 Å². The van der Waals surface area contributed by atoms with Crippen LogP contribution in [-0.2, 0) is 11.2 Å². The van der Waals surface area contributed by atoms with Gasteiger partial charge in [-0.3, -0.25) is 9.78 Å². The molecule has 0 radical (unpaired) electrons. The number of hydrogen-bond acceptors (Lipinski definition) is 2. The number of fused-ring (bicyclic) bond motifs is 2. The normalized spacial score (nSPS) is 16.8. The molecule has 102 valence electrons. The molecular formula is C18H14N2O. The van der Waals surface area contributed by atoms with Crippen molar-refractivity contribution in [2.45, 2.75) is 12.3 Å². The Labute approximate surface area is 122 Å². The van der Waals surface area contributed by atoms with Crippen LogP contribution in [0.2, 0.25) is 0 Å². The van der Waals surface area contributed by atoms with Gasteiger partial charge in [-0.25, -0.2) is 0 Å². The predicted octanol–water partition coefficient (Wildman–Crippen LogP) is 3.51. The Kier molecular flexibility index (Phi) is 2.71. The molecule has 2 aromatic carbocycles. The van der Waals surface area contributed by atoms with Crippen molar-refractivity contribution in [1.82, 2.24) is 4.98 Å². The minimum absolute atomic E-state index is 0.0856. The lowest BCUT2D eigenvalue weighted by molar-refractivity contribution is -0.117. The first-order valence-corrected chi connectivity index (χ1v) is 7.05. The molecule has 0 saturated carbocycles. The van der Waals surface area contributed by atoms with Crippen LogP contribution in [0.25, 0.3) is 10.9 Å². The number of carbonyl (C=O) groups excluding carboxylic acids is 1. The van der Waals surface area contributed by atoms with E-state index < -0.39 is 0 Å². The highest BCUT2D eigenvalue weighted by molar-refractivity contribution is 6.03. The Morgan fingerprint density at radius 2 is 1.95 bits per heavy atom. The quantitative estimate of drug-likeness (QED) is 0.777. The highest BCUT2D eigenvalue weighted by Gasteiger charge is 2.29. The van der Waals surface area contributed by atoms with Crippen LogP contribution in [0.15, 0.2) is 60.8 Å². The molecule has 1 aliphatic rings. The number of hydrogen-bond donors (Lipinski definition) is 1. The zero-order valence-electron chi connectivity index (χ0n) is 11.4. The van der Waals surface area contributed by atoms with E-state index in [4.69, 9.17) is 0 Å². The standard InChI is InChI=1S/C18H14N2O/c21-18-15(14-5-1-2-6-17(14)20-18)11-12-7-8-16-13(10-12)4-3-9-19-16/h1-10,15H,11H2,(H,20,21). The van der Waals surface area contributed by atoms with Crippen molar-refractivity contribution in [3.05, 3.63) is 71.9 Å². The summed E-state index contributed by atoms with van der Waals surface area (Å²) in [7, 11) is 0. The van der Waals surface area contributed by atoms with Crippen LogP contribution in [0, 0.1) is 0 Å². The second-order valence-corrected chi connectivity index (χ2v) is 5.36. The second kappa shape index (κ2) is 4.70. The molecule has 2 heterocycles. The molecule has 1 amide bonds. The van der Waals surface area contributed by atoms with Crippen LogP contribution < -0.4 is 5.32 Å². The maximum atomic E-state index is 12.2. The molecule has 0 fully saturated rings. The zero-order valence-corrected chi connectivity index (χ0v) is 11.4. The van der Waals surface area contributed by atoms with Crippen LogP contribution in [0.5, 0.6) is 0 Å². The first kappa shape index (κ1) is 12.1. The molecular weight excluding hydrogens is 260 g/mol. The first-order chi connectivity index (χ1) is 10.3. The summed E-state index contributed by atoms with van der Waals surface area (Å²) in [5, 5.41) is 4.07. The zero-order chi connectivity index (χ0) is 14.2. The molecule has 3 heteroatoms.